The number of carbonyl (C=O) groups excluding carboxylic acids is 1. The molecule has 0 aliphatic rings. The van der Waals surface area contributed by atoms with E-state index in [4.69, 9.17) is 11.6 Å². The first kappa shape index (κ1) is 27.4. The molecule has 202 valence electrons. The molecule has 0 spiro atoms. The predicted octanol–water partition coefficient (Wildman–Crippen LogP) is 7.02. The van der Waals surface area contributed by atoms with Crippen molar-refractivity contribution in [2.45, 2.75) is 37.7 Å². The lowest BCUT2D eigenvalue weighted by Gasteiger charge is -2.14. The Morgan fingerprint density at radius 1 is 0.975 bits per heavy atom. The van der Waals surface area contributed by atoms with Gasteiger partial charge in [0.1, 0.15) is 0 Å². The number of hydrogen-bond donors (Lipinski definition) is 2. The number of fused-ring (bicyclic) bond motifs is 1. The van der Waals surface area contributed by atoms with Crippen LogP contribution in [-0.4, -0.2) is 31.6 Å². The van der Waals surface area contributed by atoms with E-state index >= 15 is 0 Å². The van der Waals surface area contributed by atoms with Gasteiger partial charge >= 0.3 is 0 Å². The van der Waals surface area contributed by atoms with Crippen LogP contribution in [0.3, 0.4) is 0 Å². The number of rotatable bonds is 9. The molecule has 4 aromatic carbocycles. The highest BCUT2D eigenvalue weighted by Gasteiger charge is 2.21. The molecule has 0 aliphatic heterocycles. The zero-order valence-corrected chi connectivity index (χ0v) is 24.0. The Bertz CT molecular complexity index is 1680. The van der Waals surface area contributed by atoms with Crippen molar-refractivity contribution in [1.82, 2.24) is 20.2 Å². The summed E-state index contributed by atoms with van der Waals surface area (Å²) in [5.74, 6) is 0.505. The number of benzene rings is 4. The molecule has 9 heteroatoms. The summed E-state index contributed by atoms with van der Waals surface area (Å²) < 4.78 is 1.97. The summed E-state index contributed by atoms with van der Waals surface area (Å²) in [5.41, 5.74) is 7.33. The first-order valence-electron chi connectivity index (χ1n) is 12.9. The standard InChI is InChI=1S/C31H29ClN6OS/c1-20-17-26(32)15-16-28(20)33-19-29-35-37-31(38(29)27-11-5-4-6-12-27)40-22(3)30(39)36-34-21(2)24-14-13-23-9-7-8-10-25(23)18-24/h4-18,22,33H,19H2,1-3H3,(H,36,39)/b34-21+. The number of aromatic nitrogens is 3. The van der Waals surface area contributed by atoms with E-state index in [-0.39, 0.29) is 5.91 Å². The van der Waals surface area contributed by atoms with Crippen LogP contribution in [-0.2, 0) is 11.3 Å². The molecule has 1 atom stereocenters. The Hall–Kier alpha value is -4.14. The van der Waals surface area contributed by atoms with E-state index in [9.17, 15) is 4.79 Å². The van der Waals surface area contributed by atoms with E-state index < -0.39 is 5.25 Å². The van der Waals surface area contributed by atoms with E-state index in [1.807, 2.05) is 92.1 Å². The fraction of sp³-hybridized carbons (Fsp3) is 0.161. The number of thioether (sulfide) groups is 1. The lowest BCUT2D eigenvalue weighted by Crippen LogP contribution is -2.28. The van der Waals surface area contributed by atoms with E-state index in [1.165, 1.54) is 11.8 Å². The highest BCUT2D eigenvalue weighted by atomic mass is 35.5. The minimum atomic E-state index is -0.459. The fourth-order valence-electron chi connectivity index (χ4n) is 4.25. The van der Waals surface area contributed by atoms with Crippen LogP contribution < -0.4 is 10.7 Å². The number of nitrogens with zero attached hydrogens (tertiary/aromatic N) is 4. The van der Waals surface area contributed by atoms with Crippen LogP contribution >= 0.6 is 23.4 Å². The Labute approximate surface area is 242 Å². The average molecular weight is 569 g/mol. The second kappa shape index (κ2) is 12.4. The van der Waals surface area contributed by atoms with Crippen molar-refractivity contribution in [2.75, 3.05) is 5.32 Å². The van der Waals surface area contributed by atoms with Crippen molar-refractivity contribution in [2.24, 2.45) is 5.10 Å². The first-order chi connectivity index (χ1) is 19.4. The van der Waals surface area contributed by atoms with Gasteiger partial charge in [-0.15, -0.1) is 10.2 Å². The zero-order chi connectivity index (χ0) is 28.1. The molecule has 7 nitrogen and oxygen atoms in total. The van der Waals surface area contributed by atoms with E-state index in [0.29, 0.717) is 16.7 Å². The predicted molar refractivity (Wildman–Crippen MR) is 164 cm³/mol. The number of anilines is 1. The number of carbonyl (C=O) groups is 1. The second-order valence-corrected chi connectivity index (χ2v) is 11.1. The first-order valence-corrected chi connectivity index (χ1v) is 14.1. The maximum atomic E-state index is 13.0. The number of halogens is 1. The number of aryl methyl sites for hydroxylation is 1. The van der Waals surface area contributed by atoms with Gasteiger partial charge in [0.25, 0.3) is 5.91 Å². The number of nitrogens with one attached hydrogen (secondary N) is 2. The van der Waals surface area contributed by atoms with Crippen LogP contribution in [0, 0.1) is 6.92 Å². The Morgan fingerprint density at radius 2 is 1.73 bits per heavy atom. The maximum Gasteiger partial charge on any atom is 0.253 e. The van der Waals surface area contributed by atoms with Crippen LogP contribution in [0.15, 0.2) is 101 Å². The van der Waals surface area contributed by atoms with Gasteiger partial charge in [-0.2, -0.15) is 5.10 Å². The minimum Gasteiger partial charge on any atom is -0.378 e. The van der Waals surface area contributed by atoms with Gasteiger partial charge in [-0.1, -0.05) is 78.0 Å². The molecule has 0 aliphatic carbocycles. The molecule has 5 aromatic rings. The number of amides is 1. The summed E-state index contributed by atoms with van der Waals surface area (Å²) in [6.45, 7) is 6.17. The molecule has 1 amide bonds. The van der Waals surface area contributed by atoms with Crippen molar-refractivity contribution in [3.05, 3.63) is 113 Å². The molecular weight excluding hydrogens is 540 g/mol. The molecule has 1 aromatic heterocycles. The Balaban J connectivity index is 1.31. The SMILES string of the molecule is C/C(=N\NC(=O)C(C)Sc1nnc(CNc2ccc(Cl)cc2C)n1-c1ccccc1)c1ccc2ccccc2c1. The van der Waals surface area contributed by atoms with Gasteiger partial charge in [0, 0.05) is 16.4 Å². The zero-order valence-electron chi connectivity index (χ0n) is 22.4. The van der Waals surface area contributed by atoms with Crippen molar-refractivity contribution in [3.63, 3.8) is 0 Å². The normalized spacial score (nSPS) is 12.3. The minimum absolute atomic E-state index is 0.218. The summed E-state index contributed by atoms with van der Waals surface area (Å²) in [7, 11) is 0. The van der Waals surface area contributed by atoms with Gasteiger partial charge in [0.15, 0.2) is 11.0 Å². The van der Waals surface area contributed by atoms with E-state index in [1.54, 1.807) is 0 Å². The van der Waals surface area contributed by atoms with Gasteiger partial charge in [0.05, 0.1) is 17.5 Å². The summed E-state index contributed by atoms with van der Waals surface area (Å²) >= 11 is 7.44. The molecule has 0 fully saturated rings. The van der Waals surface area contributed by atoms with Crippen LogP contribution in [0.4, 0.5) is 5.69 Å². The monoisotopic (exact) mass is 568 g/mol. The third kappa shape index (κ3) is 6.35. The third-order valence-electron chi connectivity index (χ3n) is 6.49. The smallest absolute Gasteiger partial charge is 0.253 e. The molecule has 40 heavy (non-hydrogen) atoms. The average Bonchev–Trinajstić information content (AvgIpc) is 3.37. The Kier molecular flexibility index (Phi) is 8.48. The molecule has 0 saturated carbocycles. The number of para-hydroxylation sites is 1. The molecule has 1 unspecified atom stereocenters. The third-order valence-corrected chi connectivity index (χ3v) is 7.77. The van der Waals surface area contributed by atoms with Gasteiger partial charge in [-0.25, -0.2) is 5.43 Å². The summed E-state index contributed by atoms with van der Waals surface area (Å²) in [6.07, 6.45) is 0. The van der Waals surface area contributed by atoms with Gasteiger partial charge in [-0.05, 0) is 79.1 Å². The summed E-state index contributed by atoms with van der Waals surface area (Å²) in [4.78, 5) is 13.0. The van der Waals surface area contributed by atoms with E-state index in [2.05, 4.69) is 50.3 Å². The van der Waals surface area contributed by atoms with Gasteiger partial charge in [0.2, 0.25) is 0 Å². The lowest BCUT2D eigenvalue weighted by atomic mass is 10.0. The maximum absolute atomic E-state index is 13.0. The molecule has 5 rings (SSSR count). The van der Waals surface area contributed by atoms with Crippen LogP contribution in [0.2, 0.25) is 5.02 Å². The number of hydrogen-bond acceptors (Lipinski definition) is 6. The molecule has 0 saturated heterocycles. The summed E-state index contributed by atoms with van der Waals surface area (Å²) in [6, 6.07) is 29.9. The molecular formula is C31H29ClN6OS. The highest BCUT2D eigenvalue weighted by molar-refractivity contribution is 8.00. The fourth-order valence-corrected chi connectivity index (χ4v) is 5.35. The van der Waals surface area contributed by atoms with Gasteiger partial charge < -0.3 is 5.32 Å². The topological polar surface area (TPSA) is 84.2 Å². The van der Waals surface area contributed by atoms with Crippen LogP contribution in [0.5, 0.6) is 0 Å². The lowest BCUT2D eigenvalue weighted by molar-refractivity contribution is -0.120. The van der Waals surface area contributed by atoms with Crippen molar-refractivity contribution in [1.29, 1.82) is 0 Å². The van der Waals surface area contributed by atoms with Crippen molar-refractivity contribution < 1.29 is 4.79 Å². The number of hydrazone groups is 1. The Morgan fingerprint density at radius 3 is 2.50 bits per heavy atom. The highest BCUT2D eigenvalue weighted by Crippen LogP contribution is 2.27. The quantitative estimate of drug-likeness (QED) is 0.113. The van der Waals surface area contributed by atoms with Crippen LogP contribution in [0.1, 0.15) is 30.8 Å². The molecule has 0 radical (unpaired) electrons. The molecule has 2 N–H and O–H groups in total. The van der Waals surface area contributed by atoms with Crippen molar-refractivity contribution >= 4 is 51.4 Å². The van der Waals surface area contributed by atoms with Crippen LogP contribution in [0.25, 0.3) is 16.5 Å². The molecule has 0 bridgehead atoms. The van der Waals surface area contributed by atoms with Gasteiger partial charge in [-0.3, -0.25) is 9.36 Å². The molecule has 1 heterocycles. The summed E-state index contributed by atoms with van der Waals surface area (Å²) in [5, 5.41) is 19.8. The van der Waals surface area contributed by atoms with Crippen molar-refractivity contribution in [3.8, 4) is 5.69 Å². The van der Waals surface area contributed by atoms with E-state index in [0.717, 1.165) is 44.8 Å². The second-order valence-electron chi connectivity index (χ2n) is 9.38. The largest absolute Gasteiger partial charge is 0.378 e.